The van der Waals surface area contributed by atoms with Crippen molar-refractivity contribution in [2.45, 2.75) is 0 Å². The van der Waals surface area contributed by atoms with Crippen molar-refractivity contribution in [3.8, 4) is 17.0 Å². The number of methoxy groups -OCH3 is 1. The molecule has 0 aliphatic carbocycles. The lowest BCUT2D eigenvalue weighted by Gasteiger charge is -2.10. The summed E-state index contributed by atoms with van der Waals surface area (Å²) in [6.45, 7) is 0. The van der Waals surface area contributed by atoms with Crippen LogP contribution in [0.4, 0.5) is 10.1 Å². The first-order chi connectivity index (χ1) is 8.13. The van der Waals surface area contributed by atoms with E-state index in [4.69, 9.17) is 22.1 Å². The molecule has 5 heteroatoms. The number of nitrogen functional groups attached to an aromatic ring is 1. The van der Waals surface area contributed by atoms with E-state index in [2.05, 4.69) is 4.98 Å². The van der Waals surface area contributed by atoms with Crippen LogP contribution in [0.5, 0.6) is 5.75 Å². The third kappa shape index (κ3) is 2.17. The number of nitrogens with zero attached hydrogens (tertiary/aromatic N) is 1. The van der Waals surface area contributed by atoms with E-state index < -0.39 is 5.82 Å². The monoisotopic (exact) mass is 252 g/mol. The van der Waals surface area contributed by atoms with Gasteiger partial charge in [0.05, 0.1) is 17.8 Å². The maximum absolute atomic E-state index is 13.4. The second-order valence-corrected chi connectivity index (χ2v) is 3.82. The number of hydrogen-bond acceptors (Lipinski definition) is 3. The summed E-state index contributed by atoms with van der Waals surface area (Å²) in [6.07, 6.45) is 1.54. The minimum Gasteiger partial charge on any atom is -0.492 e. The molecule has 1 heterocycles. The molecule has 3 nitrogen and oxygen atoms in total. The SMILES string of the molecule is COc1c(N)ccnc1-c1ccc(Cl)c(F)c1. The zero-order valence-electron chi connectivity index (χ0n) is 9.08. The van der Waals surface area contributed by atoms with Gasteiger partial charge in [-0.3, -0.25) is 4.98 Å². The summed E-state index contributed by atoms with van der Waals surface area (Å²) in [5.41, 5.74) is 7.26. The molecule has 0 aliphatic rings. The topological polar surface area (TPSA) is 48.1 Å². The second-order valence-electron chi connectivity index (χ2n) is 3.41. The highest BCUT2D eigenvalue weighted by atomic mass is 35.5. The Hall–Kier alpha value is -1.81. The van der Waals surface area contributed by atoms with Gasteiger partial charge in [0.15, 0.2) is 5.75 Å². The van der Waals surface area contributed by atoms with Crippen molar-refractivity contribution in [1.29, 1.82) is 0 Å². The Labute approximate surface area is 103 Å². The number of benzene rings is 1. The highest BCUT2D eigenvalue weighted by Crippen LogP contribution is 2.33. The Morgan fingerprint density at radius 1 is 1.35 bits per heavy atom. The van der Waals surface area contributed by atoms with Crippen molar-refractivity contribution in [2.24, 2.45) is 0 Å². The van der Waals surface area contributed by atoms with E-state index in [0.29, 0.717) is 22.7 Å². The van der Waals surface area contributed by atoms with E-state index in [9.17, 15) is 4.39 Å². The van der Waals surface area contributed by atoms with Gasteiger partial charge in [-0.05, 0) is 18.2 Å². The third-order valence-corrected chi connectivity index (χ3v) is 2.64. The molecule has 0 amide bonds. The molecule has 0 saturated heterocycles. The predicted octanol–water partition coefficient (Wildman–Crippen LogP) is 3.13. The van der Waals surface area contributed by atoms with Crippen molar-refractivity contribution in [2.75, 3.05) is 12.8 Å². The third-order valence-electron chi connectivity index (χ3n) is 2.33. The Morgan fingerprint density at radius 2 is 2.12 bits per heavy atom. The van der Waals surface area contributed by atoms with Crippen LogP contribution in [0.3, 0.4) is 0 Å². The summed E-state index contributed by atoms with van der Waals surface area (Å²) in [6, 6.07) is 6.05. The molecule has 1 aromatic carbocycles. The smallest absolute Gasteiger partial charge is 0.167 e. The van der Waals surface area contributed by atoms with E-state index in [0.717, 1.165) is 0 Å². The van der Waals surface area contributed by atoms with Gasteiger partial charge in [-0.1, -0.05) is 17.7 Å². The molecule has 0 saturated carbocycles. The van der Waals surface area contributed by atoms with Crippen LogP contribution in [-0.4, -0.2) is 12.1 Å². The molecule has 0 unspecified atom stereocenters. The van der Waals surface area contributed by atoms with Gasteiger partial charge in [0, 0.05) is 11.8 Å². The lowest BCUT2D eigenvalue weighted by Crippen LogP contribution is -1.97. The second kappa shape index (κ2) is 4.59. The standard InChI is InChI=1S/C12H10ClFN2O/c1-17-12-10(15)4-5-16-11(12)7-2-3-8(13)9(14)6-7/h2-6H,1H3,(H2,15,16). The number of rotatable bonds is 2. The number of pyridine rings is 1. The fourth-order valence-corrected chi connectivity index (χ4v) is 1.64. The zero-order chi connectivity index (χ0) is 12.4. The summed E-state index contributed by atoms with van der Waals surface area (Å²) in [4.78, 5) is 4.14. The van der Waals surface area contributed by atoms with Crippen molar-refractivity contribution < 1.29 is 9.13 Å². The molecule has 0 atom stereocenters. The average molecular weight is 253 g/mol. The first-order valence-corrected chi connectivity index (χ1v) is 5.25. The maximum Gasteiger partial charge on any atom is 0.167 e. The Bertz CT molecular complexity index is 560. The molecule has 2 N–H and O–H groups in total. The van der Waals surface area contributed by atoms with Crippen LogP contribution in [0, 0.1) is 5.82 Å². The van der Waals surface area contributed by atoms with E-state index in [-0.39, 0.29) is 5.02 Å². The van der Waals surface area contributed by atoms with Crippen molar-refractivity contribution in [3.05, 3.63) is 41.3 Å². The molecule has 17 heavy (non-hydrogen) atoms. The summed E-state index contributed by atoms with van der Waals surface area (Å²) in [5.74, 6) is -0.0790. The number of aromatic nitrogens is 1. The minimum absolute atomic E-state index is 0.0663. The van der Waals surface area contributed by atoms with Gasteiger partial charge in [-0.15, -0.1) is 0 Å². The van der Waals surface area contributed by atoms with Crippen LogP contribution in [0.1, 0.15) is 0 Å². The molecule has 1 aromatic heterocycles. The van der Waals surface area contributed by atoms with Crippen LogP contribution < -0.4 is 10.5 Å². The van der Waals surface area contributed by atoms with Crippen LogP contribution >= 0.6 is 11.6 Å². The van der Waals surface area contributed by atoms with Gasteiger partial charge in [-0.25, -0.2) is 4.39 Å². The number of halogens is 2. The summed E-state index contributed by atoms with van der Waals surface area (Å²) in [7, 11) is 1.49. The fraction of sp³-hybridized carbons (Fsp3) is 0.0833. The quantitative estimate of drug-likeness (QED) is 0.893. The molecule has 0 fully saturated rings. The van der Waals surface area contributed by atoms with Gasteiger partial charge in [0.2, 0.25) is 0 Å². The maximum atomic E-state index is 13.4. The van der Waals surface area contributed by atoms with Crippen LogP contribution in [-0.2, 0) is 0 Å². The highest BCUT2D eigenvalue weighted by molar-refractivity contribution is 6.30. The van der Waals surface area contributed by atoms with Crippen molar-refractivity contribution in [1.82, 2.24) is 4.98 Å². The molecule has 0 bridgehead atoms. The largest absolute Gasteiger partial charge is 0.492 e. The Morgan fingerprint density at radius 3 is 2.76 bits per heavy atom. The molecule has 2 aromatic rings. The summed E-state index contributed by atoms with van der Waals surface area (Å²) in [5, 5.41) is 0.0663. The van der Waals surface area contributed by atoms with E-state index in [1.54, 1.807) is 18.3 Å². The minimum atomic E-state index is -0.504. The Kier molecular flexibility index (Phi) is 3.15. The van der Waals surface area contributed by atoms with Gasteiger partial charge in [0.1, 0.15) is 11.5 Å². The summed E-state index contributed by atoms with van der Waals surface area (Å²) >= 11 is 5.62. The number of ether oxygens (including phenoxy) is 1. The molecule has 2 rings (SSSR count). The average Bonchev–Trinajstić information content (AvgIpc) is 2.32. The normalized spacial score (nSPS) is 10.3. The van der Waals surface area contributed by atoms with Gasteiger partial charge in [0.25, 0.3) is 0 Å². The van der Waals surface area contributed by atoms with E-state index in [1.165, 1.54) is 19.2 Å². The van der Waals surface area contributed by atoms with E-state index >= 15 is 0 Å². The van der Waals surface area contributed by atoms with Gasteiger partial charge in [-0.2, -0.15) is 0 Å². The number of anilines is 1. The molecule has 0 spiro atoms. The van der Waals surface area contributed by atoms with E-state index in [1.807, 2.05) is 0 Å². The van der Waals surface area contributed by atoms with Crippen LogP contribution in [0.25, 0.3) is 11.3 Å². The first-order valence-electron chi connectivity index (χ1n) is 4.87. The highest BCUT2D eigenvalue weighted by Gasteiger charge is 2.12. The molecular weight excluding hydrogens is 243 g/mol. The molecular formula is C12H10ClFN2O. The zero-order valence-corrected chi connectivity index (χ0v) is 9.83. The Balaban J connectivity index is 2.60. The van der Waals surface area contributed by atoms with Gasteiger partial charge < -0.3 is 10.5 Å². The summed E-state index contributed by atoms with van der Waals surface area (Å²) < 4.78 is 18.5. The number of nitrogens with two attached hydrogens (primary N) is 1. The van der Waals surface area contributed by atoms with Crippen LogP contribution in [0.15, 0.2) is 30.5 Å². The lowest BCUT2D eigenvalue weighted by atomic mass is 10.1. The lowest BCUT2D eigenvalue weighted by molar-refractivity contribution is 0.417. The predicted molar refractivity (Wildman–Crippen MR) is 65.6 cm³/mol. The van der Waals surface area contributed by atoms with Crippen molar-refractivity contribution in [3.63, 3.8) is 0 Å². The molecule has 0 radical (unpaired) electrons. The van der Waals surface area contributed by atoms with Crippen LogP contribution in [0.2, 0.25) is 5.02 Å². The fourth-order valence-electron chi connectivity index (χ4n) is 1.53. The van der Waals surface area contributed by atoms with Crippen molar-refractivity contribution >= 4 is 17.3 Å². The number of hydrogen-bond donors (Lipinski definition) is 1. The van der Waals surface area contributed by atoms with Gasteiger partial charge >= 0.3 is 0 Å². The molecule has 0 aliphatic heterocycles. The first kappa shape index (κ1) is 11.7. The molecule has 88 valence electrons.